The lowest BCUT2D eigenvalue weighted by molar-refractivity contribution is -0.394. The van der Waals surface area contributed by atoms with Gasteiger partial charge in [0.05, 0.1) is 26.4 Å². The summed E-state index contributed by atoms with van der Waals surface area (Å²) in [7, 11) is 0. The number of aryl methyl sites for hydroxylation is 1. The summed E-state index contributed by atoms with van der Waals surface area (Å²) in [6.45, 7) is 1.60. The van der Waals surface area contributed by atoms with Gasteiger partial charge in [-0.15, -0.1) is 0 Å². The first-order chi connectivity index (χ1) is 11.3. The van der Waals surface area contributed by atoms with Gasteiger partial charge in [0.15, 0.2) is 0 Å². The summed E-state index contributed by atoms with van der Waals surface area (Å²) in [6, 6.07) is 7.85. The van der Waals surface area contributed by atoms with Gasteiger partial charge in [-0.3, -0.25) is 30.3 Å². The fourth-order valence-corrected chi connectivity index (χ4v) is 2.06. The first kappa shape index (κ1) is 16.7. The highest BCUT2D eigenvalue weighted by atomic mass is 16.6. The Bertz CT molecular complexity index is 876. The number of nitro groups is 3. The first-order valence-corrected chi connectivity index (χ1v) is 6.65. The lowest BCUT2D eigenvalue weighted by Crippen LogP contribution is -1.95. The van der Waals surface area contributed by atoms with Crippen molar-refractivity contribution in [1.29, 1.82) is 0 Å². The number of non-ortho nitro benzene ring substituents is 1. The largest absolute Gasteiger partial charge is 0.283 e. The molecule has 0 radical (unpaired) electrons. The Hall–Kier alpha value is -3.62. The van der Waals surface area contributed by atoms with Crippen LogP contribution in [0.25, 0.3) is 12.2 Å². The average molecular weight is 329 g/mol. The van der Waals surface area contributed by atoms with Gasteiger partial charge in [0, 0.05) is 17.7 Å². The molecule has 0 saturated carbocycles. The van der Waals surface area contributed by atoms with Gasteiger partial charge >= 0.3 is 0 Å². The Balaban J connectivity index is 2.42. The lowest BCUT2D eigenvalue weighted by atomic mass is 10.1. The number of nitro benzene ring substituents is 3. The summed E-state index contributed by atoms with van der Waals surface area (Å²) in [5, 5.41) is 32.7. The van der Waals surface area contributed by atoms with Gasteiger partial charge in [-0.2, -0.15) is 0 Å². The fourth-order valence-electron chi connectivity index (χ4n) is 2.06. The molecule has 0 amide bonds. The van der Waals surface area contributed by atoms with Gasteiger partial charge in [0.25, 0.3) is 17.1 Å². The maximum atomic E-state index is 11.1. The van der Waals surface area contributed by atoms with Crippen LogP contribution in [0.5, 0.6) is 0 Å². The highest BCUT2D eigenvalue weighted by Gasteiger charge is 2.17. The predicted octanol–water partition coefficient (Wildman–Crippen LogP) is 3.89. The van der Waals surface area contributed by atoms with Crippen molar-refractivity contribution in [2.24, 2.45) is 0 Å². The number of benzene rings is 2. The van der Waals surface area contributed by atoms with Crippen molar-refractivity contribution >= 4 is 29.2 Å². The predicted molar refractivity (Wildman–Crippen MR) is 86.5 cm³/mol. The van der Waals surface area contributed by atoms with Crippen molar-refractivity contribution < 1.29 is 14.8 Å². The van der Waals surface area contributed by atoms with E-state index in [-0.39, 0.29) is 16.9 Å². The molecule has 2 aromatic rings. The molecule has 0 saturated heterocycles. The molecule has 0 aliphatic heterocycles. The molecule has 0 spiro atoms. The molecule has 122 valence electrons. The molecule has 0 aliphatic carbocycles. The molecule has 24 heavy (non-hydrogen) atoms. The molecule has 0 aliphatic rings. The zero-order valence-electron chi connectivity index (χ0n) is 12.4. The van der Waals surface area contributed by atoms with Gasteiger partial charge in [-0.05, 0) is 24.6 Å². The molecule has 0 N–H and O–H groups in total. The Labute approximate surface area is 135 Å². The molecule has 0 atom stereocenters. The summed E-state index contributed by atoms with van der Waals surface area (Å²) in [6.07, 6.45) is 2.86. The van der Waals surface area contributed by atoms with E-state index in [1.54, 1.807) is 19.1 Å². The van der Waals surface area contributed by atoms with Crippen LogP contribution in [0.15, 0.2) is 36.4 Å². The van der Waals surface area contributed by atoms with Gasteiger partial charge in [-0.1, -0.05) is 18.2 Å². The topological polar surface area (TPSA) is 129 Å². The number of hydrogen-bond donors (Lipinski definition) is 0. The van der Waals surface area contributed by atoms with Crippen LogP contribution >= 0.6 is 0 Å². The van der Waals surface area contributed by atoms with Crippen LogP contribution in [-0.2, 0) is 0 Å². The van der Waals surface area contributed by atoms with Crippen LogP contribution in [-0.4, -0.2) is 14.8 Å². The van der Waals surface area contributed by atoms with Crippen molar-refractivity contribution in [3.63, 3.8) is 0 Å². The Kier molecular flexibility index (Phi) is 4.64. The third-order valence-corrected chi connectivity index (χ3v) is 3.31. The molecule has 2 rings (SSSR count). The van der Waals surface area contributed by atoms with E-state index in [9.17, 15) is 30.3 Å². The Morgan fingerprint density at radius 3 is 2.04 bits per heavy atom. The number of hydrogen-bond acceptors (Lipinski definition) is 6. The monoisotopic (exact) mass is 329 g/mol. The van der Waals surface area contributed by atoms with Crippen molar-refractivity contribution in [3.8, 4) is 0 Å². The summed E-state index contributed by atoms with van der Waals surface area (Å²) >= 11 is 0. The van der Waals surface area contributed by atoms with E-state index < -0.39 is 20.5 Å². The summed E-state index contributed by atoms with van der Waals surface area (Å²) < 4.78 is 0. The van der Waals surface area contributed by atoms with E-state index in [0.717, 1.165) is 12.1 Å². The maximum absolute atomic E-state index is 11.1. The van der Waals surface area contributed by atoms with Crippen LogP contribution < -0.4 is 0 Å². The molecule has 0 heterocycles. The van der Waals surface area contributed by atoms with Crippen molar-refractivity contribution in [1.82, 2.24) is 0 Å². The highest BCUT2D eigenvalue weighted by molar-refractivity contribution is 5.76. The van der Waals surface area contributed by atoms with Crippen LogP contribution in [0.4, 0.5) is 17.1 Å². The summed E-state index contributed by atoms with van der Waals surface area (Å²) in [4.78, 5) is 30.7. The van der Waals surface area contributed by atoms with Crippen molar-refractivity contribution in [3.05, 3.63) is 83.4 Å². The fraction of sp³-hybridized carbons (Fsp3) is 0.0667. The van der Waals surface area contributed by atoms with Crippen LogP contribution in [0.1, 0.15) is 16.7 Å². The van der Waals surface area contributed by atoms with E-state index >= 15 is 0 Å². The van der Waals surface area contributed by atoms with E-state index in [1.807, 2.05) is 0 Å². The third kappa shape index (κ3) is 3.58. The SMILES string of the molecule is Cc1ccc(/C=C/c2ccc([N+](=O)[O-])cc2[N+](=O)[O-])cc1[N+](=O)[O-]. The minimum Gasteiger partial charge on any atom is -0.258 e. The van der Waals surface area contributed by atoms with E-state index in [1.165, 1.54) is 24.3 Å². The van der Waals surface area contributed by atoms with E-state index in [0.29, 0.717) is 11.1 Å². The summed E-state index contributed by atoms with van der Waals surface area (Å²) in [5.74, 6) is 0. The third-order valence-electron chi connectivity index (χ3n) is 3.31. The van der Waals surface area contributed by atoms with Crippen LogP contribution in [0, 0.1) is 37.3 Å². The molecular formula is C15H11N3O6. The molecule has 2 aromatic carbocycles. The minimum absolute atomic E-state index is 0.0599. The van der Waals surface area contributed by atoms with Gasteiger partial charge in [0.1, 0.15) is 0 Å². The smallest absolute Gasteiger partial charge is 0.258 e. The second-order valence-electron chi connectivity index (χ2n) is 4.89. The Morgan fingerprint density at radius 2 is 1.46 bits per heavy atom. The molecular weight excluding hydrogens is 318 g/mol. The van der Waals surface area contributed by atoms with Crippen molar-refractivity contribution in [2.75, 3.05) is 0 Å². The van der Waals surface area contributed by atoms with Crippen LogP contribution in [0.2, 0.25) is 0 Å². The lowest BCUT2D eigenvalue weighted by Gasteiger charge is -2.00. The quantitative estimate of drug-likeness (QED) is 0.464. The summed E-state index contributed by atoms with van der Waals surface area (Å²) in [5.41, 5.74) is 0.287. The number of nitrogens with zero attached hydrogens (tertiary/aromatic N) is 3. The molecule has 0 fully saturated rings. The van der Waals surface area contributed by atoms with Gasteiger partial charge in [0.2, 0.25) is 0 Å². The molecule has 9 nitrogen and oxygen atoms in total. The first-order valence-electron chi connectivity index (χ1n) is 6.65. The molecule has 0 bridgehead atoms. The van der Waals surface area contributed by atoms with Gasteiger partial charge in [-0.25, -0.2) is 0 Å². The van der Waals surface area contributed by atoms with Crippen LogP contribution in [0.3, 0.4) is 0 Å². The molecule has 0 aromatic heterocycles. The normalized spacial score (nSPS) is 10.7. The molecule has 9 heteroatoms. The van der Waals surface area contributed by atoms with E-state index in [4.69, 9.17) is 0 Å². The molecule has 0 unspecified atom stereocenters. The second-order valence-corrected chi connectivity index (χ2v) is 4.89. The average Bonchev–Trinajstić information content (AvgIpc) is 2.53. The highest BCUT2D eigenvalue weighted by Crippen LogP contribution is 2.27. The van der Waals surface area contributed by atoms with Gasteiger partial charge < -0.3 is 0 Å². The second kappa shape index (κ2) is 6.65. The standard InChI is InChI=1S/C15H11N3O6/c1-10-2-3-11(8-14(10)17(21)22)4-5-12-6-7-13(16(19)20)9-15(12)18(23)24/h2-9H,1H3/b5-4+. The van der Waals surface area contributed by atoms with Crippen molar-refractivity contribution in [2.45, 2.75) is 6.92 Å². The zero-order valence-corrected chi connectivity index (χ0v) is 12.4. The number of rotatable bonds is 5. The van der Waals surface area contributed by atoms with E-state index in [2.05, 4.69) is 0 Å². The Morgan fingerprint density at radius 1 is 0.792 bits per heavy atom. The minimum atomic E-state index is -0.718. The zero-order chi connectivity index (χ0) is 17.9. The maximum Gasteiger partial charge on any atom is 0.283 e.